The molecule has 0 N–H and O–H groups in total. The van der Waals surface area contributed by atoms with Crippen LogP contribution in [-0.2, 0) is 126 Å². The molecule has 85 heavy (non-hydrogen) atoms. The molecule has 6 rings (SSSR count). The molecule has 470 valence electrons. The molecule has 0 spiro atoms. The van der Waals surface area contributed by atoms with Gasteiger partial charge in [0.2, 0.25) is 0 Å². The zero-order chi connectivity index (χ0) is 62.1. The normalized spacial score (nSPS) is 28.6. The highest BCUT2D eigenvalue weighted by Gasteiger charge is 2.83. The summed E-state index contributed by atoms with van der Waals surface area (Å²) in [5.41, 5.74) is 0. The number of carbonyl (C=O) groups excluding carboxylic acids is 8. The van der Waals surface area contributed by atoms with Crippen LogP contribution in [0.3, 0.4) is 0 Å². The molecule has 0 unspecified atom stereocenters. The smallest absolute Gasteiger partial charge is 0.463 e. The standard InChI is InChI=1S/C49H74O28Si8/c1-9-42(50)58-26-17-18-34-78-66-79(35-19-27-59-43(51)10-2)69-82(38-22-30-62-46(54)13-5)71-80(67-78,36-20-28-60-44(52)11-3)73-84(40-24-32-64-48(56)15-7)74-81(68-78,37-21-29-61-45(53)12-4)72-83(70-79,39-23-31-63-47(55)14-6)76-85(75-82,77-84)41-25-33-65-49(57)16-8/h9-16H,1-8,17-41H2. The Hall–Kier alpha value is -5.06. The van der Waals surface area contributed by atoms with Gasteiger partial charge in [-0.05, 0) is 57.8 Å². The average molecular weight is 1340 g/mol. The predicted octanol–water partition coefficient (Wildman–Crippen LogP) is 5.11. The van der Waals surface area contributed by atoms with Gasteiger partial charge in [0.25, 0.3) is 0 Å². The van der Waals surface area contributed by atoms with Gasteiger partial charge in [0, 0.05) is 97.0 Å². The summed E-state index contributed by atoms with van der Waals surface area (Å²) in [4.78, 5) is 100. The average Bonchev–Trinajstić information content (AvgIpc) is 0.713. The molecule has 6 aliphatic heterocycles. The first-order chi connectivity index (χ1) is 40.6. The second kappa shape index (κ2) is 33.3. The minimum absolute atomic E-state index is 0.0433. The van der Waals surface area contributed by atoms with E-state index in [1.165, 1.54) is 0 Å². The number of hydrogen-bond donors (Lipinski definition) is 0. The van der Waals surface area contributed by atoms with Crippen LogP contribution in [0, 0.1) is 0 Å². The number of rotatable bonds is 41. The number of esters is 8. The van der Waals surface area contributed by atoms with E-state index in [9.17, 15) is 38.4 Å². The monoisotopic (exact) mass is 1330 g/mol. The Kier molecular flexibility index (Phi) is 27.7. The van der Waals surface area contributed by atoms with E-state index in [4.69, 9.17) is 87.3 Å². The van der Waals surface area contributed by atoms with E-state index in [2.05, 4.69) is 52.6 Å². The fourth-order valence-corrected chi connectivity index (χ4v) is 59.2. The van der Waals surface area contributed by atoms with Crippen LogP contribution in [0.15, 0.2) is 101 Å². The largest absolute Gasteiger partial charge is 0.479 e. The molecule has 0 saturated carbocycles. The summed E-state index contributed by atoms with van der Waals surface area (Å²) in [5.74, 6) is -5.94. The third-order valence-corrected chi connectivity index (χ3v) is 49.9. The third-order valence-electron chi connectivity index (χ3n) is 12.3. The minimum Gasteiger partial charge on any atom is -0.463 e. The van der Waals surface area contributed by atoms with Crippen LogP contribution in [0.1, 0.15) is 57.8 Å². The lowest BCUT2D eigenvalue weighted by molar-refractivity contribution is -0.138. The molecule has 6 saturated heterocycles. The maximum atomic E-state index is 12.6. The van der Waals surface area contributed by atoms with Gasteiger partial charge in [0.1, 0.15) is 0 Å². The third kappa shape index (κ3) is 21.3. The van der Waals surface area contributed by atoms with Gasteiger partial charge in [-0.2, -0.15) is 0 Å². The van der Waals surface area contributed by atoms with E-state index >= 15 is 0 Å². The summed E-state index contributed by atoms with van der Waals surface area (Å²) in [5, 5.41) is 0. The molecular formula is C49H74O28Si8. The van der Waals surface area contributed by atoms with E-state index < -0.39 is 118 Å². The highest BCUT2D eigenvalue weighted by Crippen LogP contribution is 2.55. The summed E-state index contributed by atoms with van der Waals surface area (Å²) < 4.78 is 135. The Morgan fingerprint density at radius 3 is 0.459 bits per heavy atom. The van der Waals surface area contributed by atoms with Gasteiger partial charge >= 0.3 is 118 Å². The van der Waals surface area contributed by atoms with Crippen LogP contribution in [-0.4, -0.2) is 171 Å². The van der Waals surface area contributed by atoms with E-state index in [0.29, 0.717) is 0 Å². The number of ether oxygens (including phenoxy) is 8. The molecule has 6 heterocycles. The van der Waals surface area contributed by atoms with Crippen LogP contribution in [0.25, 0.3) is 0 Å². The minimum atomic E-state index is -4.89. The van der Waals surface area contributed by atoms with Crippen molar-refractivity contribution >= 4 is 118 Å². The fourth-order valence-electron chi connectivity index (χ4n) is 8.89. The zero-order valence-electron chi connectivity index (χ0n) is 47.4. The number of hydrogen-bond acceptors (Lipinski definition) is 28. The van der Waals surface area contributed by atoms with Crippen molar-refractivity contribution in [2.24, 2.45) is 0 Å². The first-order valence-corrected chi connectivity index (χ1v) is 42.8. The van der Waals surface area contributed by atoms with Crippen molar-refractivity contribution in [3.05, 3.63) is 101 Å². The van der Waals surface area contributed by atoms with Gasteiger partial charge < -0.3 is 87.3 Å². The SMILES string of the molecule is C=CC(=O)OCCCC[Si]12O[Si]3(CCCOC(=O)C=C)O[Si]4(CCCOC(=O)C=C)O[Si](CCCOC(=O)C=C)(O1)O[Si]1(CCCOC(=O)C=C)O[Si](CCCOC(=O)C=C)(O2)O[Si](CCCOC(=O)C=C)(O3)O[Si](CCCOC(=O)C=C)(O4)O1. The molecule has 6 fully saturated rings. The summed E-state index contributed by atoms with van der Waals surface area (Å²) in [6, 6.07) is -1.81. The Morgan fingerprint density at radius 1 is 0.212 bits per heavy atom. The molecule has 0 aromatic rings. The van der Waals surface area contributed by atoms with E-state index in [0.717, 1.165) is 48.6 Å². The zero-order valence-corrected chi connectivity index (χ0v) is 55.4. The van der Waals surface area contributed by atoms with Crippen LogP contribution in [0.2, 0.25) is 48.4 Å². The van der Waals surface area contributed by atoms with Crippen molar-refractivity contribution in [3.8, 4) is 0 Å². The second-order valence-corrected chi connectivity index (χ2v) is 43.6. The van der Waals surface area contributed by atoms with Gasteiger partial charge in [0.15, 0.2) is 0 Å². The quantitative estimate of drug-likeness (QED) is 0.0252. The fraction of sp³-hybridized carbons (Fsp3) is 0.510. The van der Waals surface area contributed by atoms with Crippen LogP contribution in [0.4, 0.5) is 0 Å². The highest BCUT2D eigenvalue weighted by molar-refractivity contribution is 7.03. The van der Waals surface area contributed by atoms with Crippen LogP contribution in [0.5, 0.6) is 0 Å². The van der Waals surface area contributed by atoms with Crippen LogP contribution < -0.4 is 0 Å². The molecule has 0 aromatic carbocycles. The molecule has 6 aliphatic rings. The van der Waals surface area contributed by atoms with Crippen molar-refractivity contribution in [2.45, 2.75) is 106 Å². The molecule has 0 aliphatic carbocycles. The van der Waals surface area contributed by atoms with Gasteiger partial charge in [0.05, 0.1) is 52.9 Å². The van der Waals surface area contributed by atoms with Crippen molar-refractivity contribution in [2.75, 3.05) is 52.9 Å². The second-order valence-electron chi connectivity index (χ2n) is 18.8. The first kappa shape index (κ1) is 70.7. The van der Waals surface area contributed by atoms with Crippen LogP contribution >= 0.6 is 0 Å². The van der Waals surface area contributed by atoms with Crippen molar-refractivity contribution in [1.29, 1.82) is 0 Å². The molecule has 0 radical (unpaired) electrons. The van der Waals surface area contributed by atoms with Gasteiger partial charge in [-0.3, -0.25) is 0 Å². The lowest BCUT2D eigenvalue weighted by atomic mass is 10.4. The number of unbranched alkanes of at least 4 members (excludes halogenated alkanes) is 1. The molecule has 28 nitrogen and oxygen atoms in total. The maximum Gasteiger partial charge on any atom is 0.479 e. The van der Waals surface area contributed by atoms with E-state index in [-0.39, 0.29) is 159 Å². The lowest BCUT2D eigenvalue weighted by Crippen LogP contribution is -2.88. The molecule has 36 heteroatoms. The Labute approximate surface area is 501 Å². The summed E-state index contributed by atoms with van der Waals surface area (Å²) in [7, 11) is -39.0. The lowest BCUT2D eigenvalue weighted by Gasteiger charge is -2.63. The van der Waals surface area contributed by atoms with Gasteiger partial charge in [-0.1, -0.05) is 52.6 Å². The number of carbonyl (C=O) groups is 8. The van der Waals surface area contributed by atoms with Gasteiger partial charge in [-0.25, -0.2) is 38.4 Å². The topological polar surface area (TPSA) is 321 Å². The Balaban J connectivity index is 1.92. The summed E-state index contributed by atoms with van der Waals surface area (Å²) in [6.07, 6.45) is 7.84. The van der Waals surface area contributed by atoms with Crippen molar-refractivity contribution < 1.29 is 126 Å². The molecule has 0 amide bonds. The predicted molar refractivity (Wildman–Crippen MR) is 308 cm³/mol. The molecule has 0 aromatic heterocycles. The molecule has 0 atom stereocenters. The summed E-state index contributed by atoms with van der Waals surface area (Å²) >= 11 is 0. The highest BCUT2D eigenvalue weighted by atomic mass is 28.6. The van der Waals surface area contributed by atoms with Gasteiger partial charge in [-0.15, -0.1) is 0 Å². The molecule has 8 bridgehead atoms. The van der Waals surface area contributed by atoms with Crippen molar-refractivity contribution in [1.82, 2.24) is 0 Å². The maximum absolute atomic E-state index is 12.6. The first-order valence-electron chi connectivity index (χ1n) is 27.4. The Bertz CT molecular complexity index is 2250. The van der Waals surface area contributed by atoms with Crippen molar-refractivity contribution in [3.63, 3.8) is 0 Å². The molecular weight excluding hydrogens is 1260 g/mol. The summed E-state index contributed by atoms with van der Waals surface area (Å²) in [6.45, 7) is 26.1. The van der Waals surface area contributed by atoms with E-state index in [1.54, 1.807) is 0 Å². The Morgan fingerprint density at radius 2 is 0.329 bits per heavy atom. The van der Waals surface area contributed by atoms with E-state index in [1.807, 2.05) is 0 Å².